The zero-order valence-electron chi connectivity index (χ0n) is 9.59. The highest BCUT2D eigenvalue weighted by Gasteiger charge is 2.33. The van der Waals surface area contributed by atoms with Crippen molar-refractivity contribution in [2.45, 2.75) is 40.0 Å². The molecule has 0 amide bonds. The molecule has 0 N–H and O–H groups in total. The molecule has 0 saturated heterocycles. The number of nitrogens with zero attached hydrogens (tertiary/aromatic N) is 1. The predicted octanol–water partition coefficient (Wildman–Crippen LogP) is 2.58. The molecule has 3 heteroatoms. The molecular formula is C12H17NO2. The molecule has 0 unspecified atom stereocenters. The Balaban J connectivity index is 3.04. The van der Waals surface area contributed by atoms with Crippen LogP contribution >= 0.6 is 0 Å². The van der Waals surface area contributed by atoms with Crippen molar-refractivity contribution in [2.24, 2.45) is 5.41 Å². The van der Waals surface area contributed by atoms with Gasteiger partial charge in [0, 0.05) is 0 Å². The van der Waals surface area contributed by atoms with Crippen LogP contribution in [0.2, 0.25) is 0 Å². The molecule has 0 aromatic rings. The predicted molar refractivity (Wildman–Crippen MR) is 56.9 cm³/mol. The van der Waals surface area contributed by atoms with Gasteiger partial charge in [-0.3, -0.25) is 0 Å². The highest BCUT2D eigenvalue weighted by Crippen LogP contribution is 2.43. The topological polar surface area (TPSA) is 50.1 Å². The number of hydrogen-bond acceptors (Lipinski definition) is 3. The Morgan fingerprint density at radius 3 is 2.67 bits per heavy atom. The van der Waals surface area contributed by atoms with Crippen LogP contribution in [0.3, 0.4) is 0 Å². The van der Waals surface area contributed by atoms with Gasteiger partial charge in [-0.15, -0.1) is 0 Å². The van der Waals surface area contributed by atoms with Crippen molar-refractivity contribution in [1.82, 2.24) is 0 Å². The van der Waals surface area contributed by atoms with Gasteiger partial charge in [0.2, 0.25) is 0 Å². The van der Waals surface area contributed by atoms with Crippen molar-refractivity contribution < 1.29 is 9.53 Å². The SMILES string of the molecule is CCOC(=O)/C(C#N)=C1\CCCC1(C)C. The van der Waals surface area contributed by atoms with Gasteiger partial charge < -0.3 is 4.74 Å². The zero-order valence-corrected chi connectivity index (χ0v) is 9.59. The van der Waals surface area contributed by atoms with Crippen molar-refractivity contribution in [3.8, 4) is 6.07 Å². The van der Waals surface area contributed by atoms with E-state index in [0.29, 0.717) is 6.61 Å². The molecule has 82 valence electrons. The summed E-state index contributed by atoms with van der Waals surface area (Å²) in [5.41, 5.74) is 1.15. The summed E-state index contributed by atoms with van der Waals surface area (Å²) in [4.78, 5) is 11.5. The first kappa shape index (κ1) is 11.8. The summed E-state index contributed by atoms with van der Waals surface area (Å²) in [7, 11) is 0. The van der Waals surface area contributed by atoms with Crippen LogP contribution in [0.25, 0.3) is 0 Å². The number of ether oxygens (including phenoxy) is 1. The lowest BCUT2D eigenvalue weighted by Gasteiger charge is -2.20. The molecular weight excluding hydrogens is 190 g/mol. The van der Waals surface area contributed by atoms with E-state index in [1.807, 2.05) is 6.07 Å². The fourth-order valence-corrected chi connectivity index (χ4v) is 2.10. The fraction of sp³-hybridized carbons (Fsp3) is 0.667. The van der Waals surface area contributed by atoms with E-state index in [-0.39, 0.29) is 11.0 Å². The number of esters is 1. The van der Waals surface area contributed by atoms with E-state index in [1.54, 1.807) is 6.92 Å². The fourth-order valence-electron chi connectivity index (χ4n) is 2.10. The average Bonchev–Trinajstić information content (AvgIpc) is 2.48. The van der Waals surface area contributed by atoms with Gasteiger partial charge in [-0.05, 0) is 37.2 Å². The van der Waals surface area contributed by atoms with Crippen molar-refractivity contribution >= 4 is 5.97 Å². The Hall–Kier alpha value is -1.30. The number of carbonyl (C=O) groups excluding carboxylic acids is 1. The van der Waals surface area contributed by atoms with Crippen LogP contribution in [0.5, 0.6) is 0 Å². The van der Waals surface area contributed by atoms with E-state index in [4.69, 9.17) is 10.00 Å². The molecule has 0 bridgehead atoms. The second kappa shape index (κ2) is 4.48. The van der Waals surface area contributed by atoms with E-state index < -0.39 is 5.97 Å². The molecule has 0 aromatic heterocycles. The molecule has 1 aliphatic carbocycles. The Labute approximate surface area is 90.7 Å². The third-order valence-corrected chi connectivity index (χ3v) is 2.94. The van der Waals surface area contributed by atoms with Gasteiger partial charge in [0.15, 0.2) is 0 Å². The lowest BCUT2D eigenvalue weighted by molar-refractivity contribution is -0.138. The Bertz CT molecular complexity index is 334. The van der Waals surface area contributed by atoms with Gasteiger partial charge in [0.05, 0.1) is 6.61 Å². The highest BCUT2D eigenvalue weighted by molar-refractivity contribution is 5.94. The monoisotopic (exact) mass is 207 g/mol. The molecule has 0 atom stereocenters. The van der Waals surface area contributed by atoms with Gasteiger partial charge in [0.25, 0.3) is 0 Å². The smallest absolute Gasteiger partial charge is 0.348 e. The van der Waals surface area contributed by atoms with Gasteiger partial charge in [-0.1, -0.05) is 13.8 Å². The van der Waals surface area contributed by atoms with E-state index in [1.165, 1.54) is 0 Å². The molecule has 1 rings (SSSR count). The van der Waals surface area contributed by atoms with Gasteiger partial charge >= 0.3 is 5.97 Å². The van der Waals surface area contributed by atoms with Crippen molar-refractivity contribution in [1.29, 1.82) is 5.26 Å². The molecule has 15 heavy (non-hydrogen) atoms. The minimum absolute atomic E-state index is 0.0299. The first-order chi connectivity index (χ1) is 7.03. The lowest BCUT2D eigenvalue weighted by atomic mass is 9.84. The maximum atomic E-state index is 11.5. The van der Waals surface area contributed by atoms with Crippen molar-refractivity contribution in [2.75, 3.05) is 6.61 Å². The summed E-state index contributed by atoms with van der Waals surface area (Å²) >= 11 is 0. The number of nitriles is 1. The average molecular weight is 207 g/mol. The number of hydrogen-bond donors (Lipinski definition) is 0. The third-order valence-electron chi connectivity index (χ3n) is 2.94. The quantitative estimate of drug-likeness (QED) is 0.397. The maximum Gasteiger partial charge on any atom is 0.348 e. The minimum atomic E-state index is -0.468. The number of rotatable bonds is 2. The molecule has 0 aliphatic heterocycles. The van der Waals surface area contributed by atoms with Crippen LogP contribution in [0.4, 0.5) is 0 Å². The minimum Gasteiger partial charge on any atom is -0.462 e. The van der Waals surface area contributed by atoms with Crippen LogP contribution in [-0.2, 0) is 9.53 Å². The molecule has 0 spiro atoms. The van der Waals surface area contributed by atoms with Crippen LogP contribution in [0, 0.1) is 16.7 Å². The number of allylic oxidation sites excluding steroid dienone is 1. The standard InChI is InChI=1S/C12H17NO2/c1-4-15-11(14)9(8-13)10-6-5-7-12(10,2)3/h4-7H2,1-3H3/b10-9+. The maximum absolute atomic E-state index is 11.5. The van der Waals surface area contributed by atoms with E-state index in [2.05, 4.69) is 13.8 Å². The summed E-state index contributed by atoms with van der Waals surface area (Å²) in [6.45, 7) is 6.22. The first-order valence-corrected chi connectivity index (χ1v) is 5.33. The summed E-state index contributed by atoms with van der Waals surface area (Å²) in [5.74, 6) is -0.468. The molecule has 1 aliphatic rings. The van der Waals surface area contributed by atoms with Crippen LogP contribution in [0.15, 0.2) is 11.1 Å². The lowest BCUT2D eigenvalue weighted by Crippen LogP contribution is -2.15. The van der Waals surface area contributed by atoms with Crippen LogP contribution in [0.1, 0.15) is 40.0 Å². The molecule has 0 heterocycles. The Morgan fingerprint density at radius 2 is 2.27 bits per heavy atom. The summed E-state index contributed by atoms with van der Waals surface area (Å²) in [5, 5.41) is 9.01. The second-order valence-corrected chi connectivity index (χ2v) is 4.42. The van der Waals surface area contributed by atoms with Crippen molar-refractivity contribution in [3.05, 3.63) is 11.1 Å². The molecule has 3 nitrogen and oxygen atoms in total. The third kappa shape index (κ3) is 2.38. The zero-order chi connectivity index (χ0) is 11.5. The molecule has 1 saturated carbocycles. The van der Waals surface area contributed by atoms with Gasteiger partial charge in [-0.25, -0.2) is 4.79 Å². The first-order valence-electron chi connectivity index (χ1n) is 5.33. The Kier molecular flexibility index (Phi) is 3.52. The van der Waals surface area contributed by atoms with E-state index in [0.717, 1.165) is 24.8 Å². The largest absolute Gasteiger partial charge is 0.462 e. The van der Waals surface area contributed by atoms with E-state index >= 15 is 0 Å². The molecule has 0 radical (unpaired) electrons. The summed E-state index contributed by atoms with van der Waals surface area (Å²) in [6.07, 6.45) is 2.93. The van der Waals surface area contributed by atoms with E-state index in [9.17, 15) is 4.79 Å². The Morgan fingerprint density at radius 1 is 1.60 bits per heavy atom. The van der Waals surface area contributed by atoms with Gasteiger partial charge in [-0.2, -0.15) is 5.26 Å². The normalized spacial score (nSPS) is 22.0. The summed E-state index contributed by atoms with van der Waals surface area (Å²) in [6, 6.07) is 1.99. The van der Waals surface area contributed by atoms with Crippen LogP contribution < -0.4 is 0 Å². The summed E-state index contributed by atoms with van der Waals surface area (Å²) < 4.78 is 4.88. The van der Waals surface area contributed by atoms with Crippen molar-refractivity contribution in [3.63, 3.8) is 0 Å². The highest BCUT2D eigenvalue weighted by atomic mass is 16.5. The number of carbonyl (C=O) groups is 1. The van der Waals surface area contributed by atoms with Crippen LogP contribution in [-0.4, -0.2) is 12.6 Å². The molecule has 0 aromatic carbocycles. The second-order valence-electron chi connectivity index (χ2n) is 4.42. The van der Waals surface area contributed by atoms with Gasteiger partial charge in [0.1, 0.15) is 11.6 Å². The molecule has 1 fully saturated rings.